The Labute approximate surface area is 129 Å². The molecule has 0 fully saturated rings. The van der Waals surface area contributed by atoms with Gasteiger partial charge >= 0.3 is 0 Å². The van der Waals surface area contributed by atoms with E-state index in [9.17, 15) is 0 Å². The summed E-state index contributed by atoms with van der Waals surface area (Å²) in [6, 6.07) is 17.5. The van der Waals surface area contributed by atoms with Crippen molar-refractivity contribution in [3.05, 3.63) is 64.5 Å². The van der Waals surface area contributed by atoms with Crippen LogP contribution in [0.4, 0.5) is 0 Å². The van der Waals surface area contributed by atoms with Crippen LogP contribution in [-0.4, -0.2) is 7.11 Å². The topological polar surface area (TPSA) is 9.23 Å². The largest absolute Gasteiger partial charge is 0.496 e. The lowest BCUT2D eigenvalue weighted by Crippen LogP contribution is -2.19. The van der Waals surface area contributed by atoms with Crippen molar-refractivity contribution >= 4 is 21.4 Å². The van der Waals surface area contributed by atoms with Crippen LogP contribution in [-0.2, 0) is 11.8 Å². The Hall–Kier alpha value is -1.80. The van der Waals surface area contributed by atoms with Crippen LogP contribution in [0.15, 0.2) is 48.5 Å². The number of benzene rings is 2. The third kappa shape index (κ3) is 1.82. The number of aryl methyl sites for hydroxylation is 1. The summed E-state index contributed by atoms with van der Waals surface area (Å²) in [6.45, 7) is 2.37. The molecule has 0 spiro atoms. The van der Waals surface area contributed by atoms with Gasteiger partial charge in [0.15, 0.2) is 0 Å². The number of rotatable bonds is 2. The first-order valence-corrected chi connectivity index (χ1v) is 8.19. The van der Waals surface area contributed by atoms with Crippen molar-refractivity contribution in [2.45, 2.75) is 25.2 Å². The maximum absolute atomic E-state index is 5.65. The van der Waals surface area contributed by atoms with Gasteiger partial charge in [-0.15, -0.1) is 11.3 Å². The monoisotopic (exact) mass is 294 g/mol. The second kappa shape index (κ2) is 4.60. The molecule has 1 aliphatic carbocycles. The molecule has 0 saturated heterocycles. The summed E-state index contributed by atoms with van der Waals surface area (Å²) in [5.41, 5.74) is 2.90. The van der Waals surface area contributed by atoms with Crippen molar-refractivity contribution in [3.63, 3.8) is 0 Å². The summed E-state index contributed by atoms with van der Waals surface area (Å²) in [5.74, 6) is 1.03. The summed E-state index contributed by atoms with van der Waals surface area (Å²) < 4.78 is 7.02. The zero-order valence-electron chi connectivity index (χ0n) is 12.3. The Bertz CT molecular complexity index is 784. The number of thiophene rings is 1. The van der Waals surface area contributed by atoms with E-state index in [1.807, 2.05) is 11.3 Å². The molecule has 1 unspecified atom stereocenters. The Kier molecular flexibility index (Phi) is 2.83. The maximum atomic E-state index is 5.65. The lowest BCUT2D eigenvalue weighted by molar-refractivity contribution is 0.400. The van der Waals surface area contributed by atoms with Crippen molar-refractivity contribution in [1.82, 2.24) is 0 Å². The van der Waals surface area contributed by atoms with Crippen LogP contribution in [0.25, 0.3) is 10.1 Å². The summed E-state index contributed by atoms with van der Waals surface area (Å²) in [5, 5.41) is 1.35. The normalized spacial score (nSPS) is 20.7. The molecule has 1 atom stereocenters. The van der Waals surface area contributed by atoms with Gasteiger partial charge in [-0.2, -0.15) is 0 Å². The average molecular weight is 294 g/mol. The smallest absolute Gasteiger partial charge is 0.123 e. The molecule has 106 valence electrons. The zero-order valence-corrected chi connectivity index (χ0v) is 13.2. The van der Waals surface area contributed by atoms with Gasteiger partial charge in [0.05, 0.1) is 7.11 Å². The fourth-order valence-corrected chi connectivity index (χ4v) is 4.83. The molecule has 21 heavy (non-hydrogen) atoms. The molecule has 1 nitrogen and oxygen atoms in total. The van der Waals surface area contributed by atoms with E-state index in [1.54, 1.807) is 7.11 Å². The molecule has 0 amide bonds. The van der Waals surface area contributed by atoms with E-state index < -0.39 is 0 Å². The molecule has 0 bridgehead atoms. The standard InChI is InChI=1S/C19H18OS/c1-19(17-12-14-6-3-4-9-16(14)21-17)11-10-13-7-5-8-15(20-2)18(13)19/h3-9,12H,10-11H2,1-2H3. The zero-order chi connectivity index (χ0) is 14.4. The number of hydrogen-bond donors (Lipinski definition) is 0. The van der Waals surface area contributed by atoms with Crippen LogP contribution in [0.1, 0.15) is 29.3 Å². The average Bonchev–Trinajstić information content (AvgIpc) is 3.10. The fraction of sp³-hybridized carbons (Fsp3) is 0.263. The second-order valence-electron chi connectivity index (χ2n) is 5.97. The van der Waals surface area contributed by atoms with Gasteiger partial charge in [0.25, 0.3) is 0 Å². The Morgan fingerprint density at radius 1 is 1.10 bits per heavy atom. The quantitative estimate of drug-likeness (QED) is 0.634. The first-order chi connectivity index (χ1) is 10.2. The SMILES string of the molecule is COc1cccc2c1C(C)(c1cc3ccccc3s1)CC2. The molecule has 1 aliphatic rings. The number of fused-ring (bicyclic) bond motifs is 2. The predicted molar refractivity (Wildman–Crippen MR) is 89.6 cm³/mol. The van der Waals surface area contributed by atoms with Crippen molar-refractivity contribution in [2.24, 2.45) is 0 Å². The van der Waals surface area contributed by atoms with Crippen LogP contribution in [0, 0.1) is 0 Å². The third-order valence-corrected chi connectivity index (χ3v) is 6.13. The van der Waals surface area contributed by atoms with Crippen LogP contribution in [0.3, 0.4) is 0 Å². The Morgan fingerprint density at radius 3 is 2.76 bits per heavy atom. The van der Waals surface area contributed by atoms with E-state index >= 15 is 0 Å². The van der Waals surface area contributed by atoms with Gasteiger partial charge in [-0.1, -0.05) is 37.3 Å². The highest BCUT2D eigenvalue weighted by Crippen LogP contribution is 2.50. The number of methoxy groups -OCH3 is 1. The molecular formula is C19H18OS. The molecule has 1 aromatic heterocycles. The van der Waals surface area contributed by atoms with Crippen molar-refractivity contribution in [1.29, 1.82) is 0 Å². The molecule has 2 aromatic carbocycles. The van der Waals surface area contributed by atoms with E-state index in [0.717, 1.165) is 18.6 Å². The molecule has 2 heteroatoms. The van der Waals surface area contributed by atoms with Crippen LogP contribution < -0.4 is 4.74 Å². The second-order valence-corrected chi connectivity index (χ2v) is 7.06. The van der Waals surface area contributed by atoms with Crippen LogP contribution >= 0.6 is 11.3 Å². The van der Waals surface area contributed by atoms with Gasteiger partial charge in [-0.25, -0.2) is 0 Å². The molecule has 0 aliphatic heterocycles. The first-order valence-electron chi connectivity index (χ1n) is 7.38. The molecule has 0 radical (unpaired) electrons. The summed E-state index contributed by atoms with van der Waals surface area (Å²) in [7, 11) is 1.78. The van der Waals surface area contributed by atoms with Crippen LogP contribution in [0.5, 0.6) is 5.75 Å². The summed E-state index contributed by atoms with van der Waals surface area (Å²) >= 11 is 1.92. The number of ether oxygens (including phenoxy) is 1. The van der Waals surface area contributed by atoms with Gasteiger partial charge in [0, 0.05) is 20.6 Å². The molecule has 4 rings (SSSR count). The lowest BCUT2D eigenvalue weighted by atomic mass is 9.82. The predicted octanol–water partition coefficient (Wildman–Crippen LogP) is 5.16. The minimum absolute atomic E-state index is 0.0750. The van der Waals surface area contributed by atoms with E-state index in [-0.39, 0.29) is 5.41 Å². The van der Waals surface area contributed by atoms with Gasteiger partial charge in [0.2, 0.25) is 0 Å². The highest BCUT2D eigenvalue weighted by atomic mass is 32.1. The Balaban J connectivity index is 1.94. The summed E-state index contributed by atoms with van der Waals surface area (Å²) in [6.07, 6.45) is 2.30. The fourth-order valence-electron chi connectivity index (χ4n) is 3.59. The van der Waals surface area contributed by atoms with Crippen molar-refractivity contribution in [3.8, 4) is 5.75 Å². The highest BCUT2D eigenvalue weighted by molar-refractivity contribution is 7.19. The highest BCUT2D eigenvalue weighted by Gasteiger charge is 2.39. The molecular weight excluding hydrogens is 276 g/mol. The number of hydrogen-bond acceptors (Lipinski definition) is 2. The van der Waals surface area contributed by atoms with Gasteiger partial charge in [0.1, 0.15) is 5.75 Å². The minimum atomic E-state index is 0.0750. The van der Waals surface area contributed by atoms with Crippen LogP contribution in [0.2, 0.25) is 0 Å². The third-order valence-electron chi connectivity index (χ3n) is 4.75. The molecule has 0 N–H and O–H groups in total. The van der Waals surface area contributed by atoms with E-state index in [0.29, 0.717) is 0 Å². The molecule has 3 aromatic rings. The van der Waals surface area contributed by atoms with E-state index in [2.05, 4.69) is 55.5 Å². The van der Waals surface area contributed by atoms with Crippen molar-refractivity contribution in [2.75, 3.05) is 7.11 Å². The lowest BCUT2D eigenvalue weighted by Gasteiger charge is -2.26. The van der Waals surface area contributed by atoms with E-state index in [4.69, 9.17) is 4.74 Å². The van der Waals surface area contributed by atoms with Gasteiger partial charge < -0.3 is 4.74 Å². The minimum Gasteiger partial charge on any atom is -0.496 e. The molecule has 1 heterocycles. The molecule has 0 saturated carbocycles. The van der Waals surface area contributed by atoms with Gasteiger partial charge in [-0.05, 0) is 42.0 Å². The maximum Gasteiger partial charge on any atom is 0.123 e. The summed E-state index contributed by atoms with van der Waals surface area (Å²) in [4.78, 5) is 1.45. The van der Waals surface area contributed by atoms with Gasteiger partial charge in [-0.3, -0.25) is 0 Å². The first kappa shape index (κ1) is 12.9. The Morgan fingerprint density at radius 2 is 1.95 bits per heavy atom. The van der Waals surface area contributed by atoms with E-state index in [1.165, 1.54) is 26.1 Å². The van der Waals surface area contributed by atoms with Crippen molar-refractivity contribution < 1.29 is 4.74 Å².